The van der Waals surface area contributed by atoms with E-state index in [0.29, 0.717) is 0 Å². The Hall–Kier alpha value is 2.45. The van der Waals surface area contributed by atoms with Gasteiger partial charge < -0.3 is 62.0 Å². The Morgan fingerprint density at radius 2 is 0.429 bits per heavy atom. The van der Waals surface area contributed by atoms with E-state index in [1.165, 1.54) is 0 Å². The van der Waals surface area contributed by atoms with Crippen molar-refractivity contribution in [1.82, 2.24) is 0 Å². The standard InChI is InChI=1S/C.5ClH.Na/h;5*1H;/q+4;;;;;;+1/p-5. The van der Waals surface area contributed by atoms with Gasteiger partial charge in [0.2, 0.25) is 0 Å². The molecule has 7 heavy (non-hydrogen) atoms. The summed E-state index contributed by atoms with van der Waals surface area (Å²) in [5.74, 6) is 0. The summed E-state index contributed by atoms with van der Waals surface area (Å²) in [7, 11) is 0. The molecule has 0 aromatic carbocycles. The molecular weight excluding hydrogens is 212 g/mol. The first kappa shape index (κ1) is 112. The summed E-state index contributed by atoms with van der Waals surface area (Å²) >= 11 is 0. The molecule has 0 aromatic rings. The van der Waals surface area contributed by atoms with Gasteiger partial charge in [0.1, 0.15) is 0 Å². The Labute approximate surface area is 97.9 Å². The molecule has 0 rings (SSSR count). The van der Waals surface area contributed by atoms with Crippen LogP contribution in [0, 0.1) is 7.43 Å². The SMILES string of the molecule is [C+4].[Cl-].[Cl-].[Cl-].[Cl-].[Cl-].[Na+]. The van der Waals surface area contributed by atoms with Crippen molar-refractivity contribution in [3.05, 3.63) is 7.43 Å². The van der Waals surface area contributed by atoms with Gasteiger partial charge in [0, 0.05) is 0 Å². The van der Waals surface area contributed by atoms with Crippen LogP contribution < -0.4 is 91.6 Å². The molecule has 0 bridgehead atoms. The third-order valence-corrected chi connectivity index (χ3v) is 0. The molecule has 0 aliphatic rings. The third-order valence-electron chi connectivity index (χ3n) is 0. The zero-order valence-electron chi connectivity index (χ0n) is 3.39. The van der Waals surface area contributed by atoms with Gasteiger partial charge in [0.05, 0.1) is 0 Å². The Bertz CT molecular complexity index is 8.04. The first-order valence-corrected chi connectivity index (χ1v) is 0. The normalized spacial score (nSPS) is 0. The van der Waals surface area contributed by atoms with Crippen LogP contribution >= 0.6 is 0 Å². The fraction of sp³-hybridized carbons (Fsp3) is 0. The smallest absolute Gasteiger partial charge is 1.00 e. The van der Waals surface area contributed by atoms with Crippen LogP contribution in [0.4, 0.5) is 0 Å². The Morgan fingerprint density at radius 3 is 0.429 bits per heavy atom. The van der Waals surface area contributed by atoms with Crippen molar-refractivity contribution < 1.29 is 91.6 Å². The second-order valence-electron chi connectivity index (χ2n) is 0. The molecule has 0 spiro atoms. The number of rotatable bonds is 0. The molecule has 0 aliphatic carbocycles. The molecule has 0 unspecified atom stereocenters. The average molecular weight is 212 g/mol. The zero-order valence-corrected chi connectivity index (χ0v) is 9.17. The summed E-state index contributed by atoms with van der Waals surface area (Å²) in [6, 6.07) is 0. The minimum atomic E-state index is 0. The third kappa shape index (κ3) is 58.6. The van der Waals surface area contributed by atoms with Crippen LogP contribution in [0.5, 0.6) is 0 Å². The topological polar surface area (TPSA) is 0 Å². The van der Waals surface area contributed by atoms with Crippen molar-refractivity contribution in [3.8, 4) is 0 Å². The van der Waals surface area contributed by atoms with Gasteiger partial charge in [-0.25, -0.2) is 0 Å². The maximum Gasteiger partial charge on any atom is 4.00 e. The number of hydrogen-bond donors (Lipinski definition) is 0. The molecule has 0 saturated heterocycles. The molecule has 0 saturated carbocycles. The summed E-state index contributed by atoms with van der Waals surface area (Å²) in [6.07, 6.45) is 0. The van der Waals surface area contributed by atoms with Crippen molar-refractivity contribution in [2.75, 3.05) is 0 Å². The Morgan fingerprint density at radius 1 is 0.429 bits per heavy atom. The first-order valence-electron chi connectivity index (χ1n) is 0. The maximum atomic E-state index is 0. The van der Waals surface area contributed by atoms with E-state index in [-0.39, 0.29) is 99.0 Å². The minimum absolute atomic E-state index is 0. The number of hydrogen-bond acceptors (Lipinski definition) is 0. The van der Waals surface area contributed by atoms with Crippen molar-refractivity contribution in [3.63, 3.8) is 0 Å². The van der Waals surface area contributed by atoms with Gasteiger partial charge in [-0.1, -0.05) is 0 Å². The molecular formula is CCl5Na. The van der Waals surface area contributed by atoms with E-state index < -0.39 is 0 Å². The van der Waals surface area contributed by atoms with Crippen molar-refractivity contribution in [2.45, 2.75) is 0 Å². The summed E-state index contributed by atoms with van der Waals surface area (Å²) in [4.78, 5) is 0. The van der Waals surface area contributed by atoms with E-state index in [4.69, 9.17) is 0 Å². The largest absolute Gasteiger partial charge is 4.00 e. The van der Waals surface area contributed by atoms with Crippen LogP contribution in [0.1, 0.15) is 0 Å². The molecule has 0 N–H and O–H groups in total. The molecule has 0 fully saturated rings. The second-order valence-corrected chi connectivity index (χ2v) is 0. The molecule has 0 atom stereocenters. The molecule has 0 nitrogen and oxygen atoms in total. The van der Waals surface area contributed by atoms with Gasteiger partial charge in [-0.05, 0) is 0 Å². The molecule has 0 aromatic heterocycles. The van der Waals surface area contributed by atoms with Gasteiger partial charge in [-0.2, -0.15) is 0 Å². The predicted octanol–water partition coefficient (Wildman–Crippen LogP) is -17.9. The van der Waals surface area contributed by atoms with Crippen LogP contribution in [-0.4, -0.2) is 0 Å². The molecule has 40 valence electrons. The van der Waals surface area contributed by atoms with Crippen LogP contribution in [0.15, 0.2) is 0 Å². The van der Waals surface area contributed by atoms with Crippen molar-refractivity contribution in [2.24, 2.45) is 0 Å². The Kier molecular flexibility index (Phi) is 1250. The fourth-order valence-corrected chi connectivity index (χ4v) is 0. The van der Waals surface area contributed by atoms with E-state index in [0.717, 1.165) is 0 Å². The van der Waals surface area contributed by atoms with E-state index in [9.17, 15) is 0 Å². The van der Waals surface area contributed by atoms with Crippen molar-refractivity contribution >= 4 is 0 Å². The summed E-state index contributed by atoms with van der Waals surface area (Å²) in [6.45, 7) is 0. The van der Waals surface area contributed by atoms with Crippen molar-refractivity contribution in [1.29, 1.82) is 0 Å². The molecule has 0 radical (unpaired) electrons. The molecule has 0 amide bonds. The predicted molar refractivity (Wildman–Crippen MR) is 3.24 cm³/mol. The van der Waals surface area contributed by atoms with Gasteiger partial charge in [0.25, 0.3) is 0 Å². The molecule has 0 aliphatic heterocycles. The van der Waals surface area contributed by atoms with Crippen LogP contribution in [-0.2, 0) is 0 Å². The average Bonchev–Trinajstić information content (AvgIpc) is 0. The van der Waals surface area contributed by atoms with E-state index >= 15 is 0 Å². The van der Waals surface area contributed by atoms with Crippen LogP contribution in [0.3, 0.4) is 0 Å². The van der Waals surface area contributed by atoms with Gasteiger partial charge in [0.15, 0.2) is 0 Å². The number of halogens is 5. The van der Waals surface area contributed by atoms with Gasteiger partial charge in [-0.3, -0.25) is 0 Å². The molecule has 0 heterocycles. The van der Waals surface area contributed by atoms with Crippen LogP contribution in [0.25, 0.3) is 0 Å². The van der Waals surface area contributed by atoms with E-state index in [1.54, 1.807) is 0 Å². The van der Waals surface area contributed by atoms with E-state index in [2.05, 4.69) is 0 Å². The first-order chi connectivity index (χ1) is 0. The fourth-order valence-electron chi connectivity index (χ4n) is 0. The summed E-state index contributed by atoms with van der Waals surface area (Å²) in [5, 5.41) is 0. The van der Waals surface area contributed by atoms with Gasteiger partial charge >= 0.3 is 37.0 Å². The summed E-state index contributed by atoms with van der Waals surface area (Å²) < 4.78 is 0. The zero-order chi connectivity index (χ0) is 0. The monoisotopic (exact) mass is 210 g/mol. The summed E-state index contributed by atoms with van der Waals surface area (Å²) in [5.41, 5.74) is 0. The Balaban J connectivity index is 0. The molecule has 6 heteroatoms. The van der Waals surface area contributed by atoms with E-state index in [1.807, 2.05) is 0 Å². The van der Waals surface area contributed by atoms with Crippen LogP contribution in [0.2, 0.25) is 0 Å². The quantitative estimate of drug-likeness (QED) is 0.350. The maximum absolute atomic E-state index is 0. The minimum Gasteiger partial charge on any atom is -1.00 e. The van der Waals surface area contributed by atoms with Gasteiger partial charge in [-0.15, -0.1) is 0 Å². The second kappa shape index (κ2) is 78.1.